The summed E-state index contributed by atoms with van der Waals surface area (Å²) >= 11 is 0. The molecule has 2 saturated heterocycles. The number of piperazine rings is 1. The van der Waals surface area contributed by atoms with Crippen LogP contribution in [0.2, 0.25) is 0 Å². The van der Waals surface area contributed by atoms with Crippen molar-refractivity contribution in [2.75, 3.05) is 45.9 Å². The molecule has 2 aliphatic heterocycles. The van der Waals surface area contributed by atoms with Crippen molar-refractivity contribution in [1.82, 2.24) is 24.7 Å². The zero-order chi connectivity index (χ0) is 31.3. The summed E-state index contributed by atoms with van der Waals surface area (Å²) in [6.45, 7) is 5.20. The van der Waals surface area contributed by atoms with Crippen LogP contribution in [0.1, 0.15) is 52.1 Å². The number of alkyl halides is 2. The summed E-state index contributed by atoms with van der Waals surface area (Å²) in [5.74, 6) is -3.49. The number of pyridine rings is 2. The van der Waals surface area contributed by atoms with E-state index in [2.05, 4.69) is 14.9 Å². The second kappa shape index (κ2) is 13.4. The molecule has 0 aliphatic carbocycles. The molecular weight excluding hydrogens is 570 g/mol. The van der Waals surface area contributed by atoms with Crippen LogP contribution in [-0.4, -0.2) is 100 Å². The number of ether oxygens (including phenoxy) is 1. The maximum absolute atomic E-state index is 13.7. The average Bonchev–Trinajstić information content (AvgIpc) is 3.36. The van der Waals surface area contributed by atoms with Gasteiger partial charge in [-0.15, -0.1) is 0 Å². The first-order valence-corrected chi connectivity index (χ1v) is 14.7. The number of aryl methyl sites for hydroxylation is 1. The maximum Gasteiger partial charge on any atom is 0.268 e. The number of aromatic nitrogens is 2. The van der Waals surface area contributed by atoms with Gasteiger partial charge in [0.15, 0.2) is 5.78 Å². The van der Waals surface area contributed by atoms with Crippen molar-refractivity contribution < 1.29 is 27.9 Å². The van der Waals surface area contributed by atoms with Crippen LogP contribution in [0.15, 0.2) is 48.8 Å². The molecule has 1 aromatic carbocycles. The SMILES string of the molecule is Cc1ccc(C(=O)N2CCN(CCCOc3ccc4nccc(C(=O)CCC(=O)N5CC(F)(F)C[C@H]5C#N)c4c3)CC2)cn1. The number of halogens is 2. The molecule has 2 aromatic heterocycles. The first-order valence-electron chi connectivity index (χ1n) is 14.7. The summed E-state index contributed by atoms with van der Waals surface area (Å²) in [5.41, 5.74) is 2.43. The van der Waals surface area contributed by atoms with E-state index >= 15 is 0 Å². The van der Waals surface area contributed by atoms with Gasteiger partial charge in [-0.05, 0) is 49.7 Å². The minimum Gasteiger partial charge on any atom is -0.494 e. The monoisotopic (exact) mass is 604 g/mol. The number of carbonyl (C=O) groups is 3. The number of hydrogen-bond donors (Lipinski definition) is 0. The molecule has 1 atom stereocenters. The first kappa shape index (κ1) is 30.9. The molecule has 0 N–H and O–H groups in total. The molecule has 0 saturated carbocycles. The van der Waals surface area contributed by atoms with Gasteiger partial charge in [0.1, 0.15) is 11.8 Å². The number of carbonyl (C=O) groups excluding carboxylic acids is 3. The number of nitrogens with zero attached hydrogens (tertiary/aromatic N) is 6. The first-order chi connectivity index (χ1) is 21.1. The van der Waals surface area contributed by atoms with Gasteiger partial charge in [-0.1, -0.05) is 0 Å². The maximum atomic E-state index is 13.7. The fourth-order valence-electron chi connectivity index (χ4n) is 5.58. The molecule has 0 bridgehead atoms. The molecule has 3 aromatic rings. The number of amides is 2. The van der Waals surface area contributed by atoms with Crippen molar-refractivity contribution in [3.05, 3.63) is 65.6 Å². The fraction of sp³-hybridized carbons (Fsp3) is 0.438. The van der Waals surface area contributed by atoms with Gasteiger partial charge < -0.3 is 14.5 Å². The molecule has 4 heterocycles. The van der Waals surface area contributed by atoms with Gasteiger partial charge in [0.25, 0.3) is 11.8 Å². The van der Waals surface area contributed by atoms with E-state index in [1.807, 2.05) is 24.0 Å². The number of Topliss-reactive ketones (excluding diaryl/α,β-unsaturated/α-hetero) is 1. The molecule has 230 valence electrons. The Morgan fingerprint density at radius 2 is 1.86 bits per heavy atom. The van der Waals surface area contributed by atoms with Gasteiger partial charge in [0.05, 0.1) is 30.3 Å². The third kappa shape index (κ3) is 7.34. The van der Waals surface area contributed by atoms with Gasteiger partial charge in [0, 0.05) is 81.0 Å². The highest BCUT2D eigenvalue weighted by Gasteiger charge is 2.47. The zero-order valence-electron chi connectivity index (χ0n) is 24.5. The Balaban J connectivity index is 1.10. The Bertz CT molecular complexity index is 1570. The topological polar surface area (TPSA) is 120 Å². The number of fused-ring (bicyclic) bond motifs is 1. The van der Waals surface area contributed by atoms with Crippen molar-refractivity contribution in [1.29, 1.82) is 5.26 Å². The molecule has 44 heavy (non-hydrogen) atoms. The predicted molar refractivity (Wildman–Crippen MR) is 157 cm³/mol. The van der Waals surface area contributed by atoms with Gasteiger partial charge in [-0.25, -0.2) is 8.78 Å². The average molecular weight is 605 g/mol. The van der Waals surface area contributed by atoms with E-state index in [1.54, 1.807) is 36.5 Å². The Labute approximate surface area is 254 Å². The molecule has 0 spiro atoms. The Kier molecular flexibility index (Phi) is 9.44. The molecule has 2 amide bonds. The molecule has 0 radical (unpaired) electrons. The van der Waals surface area contributed by atoms with E-state index in [4.69, 9.17) is 10.00 Å². The third-order valence-corrected chi connectivity index (χ3v) is 8.02. The van der Waals surface area contributed by atoms with Crippen LogP contribution in [-0.2, 0) is 4.79 Å². The number of ketones is 1. The van der Waals surface area contributed by atoms with Gasteiger partial charge in [-0.2, -0.15) is 5.26 Å². The van der Waals surface area contributed by atoms with Crippen LogP contribution < -0.4 is 4.74 Å². The molecule has 12 heteroatoms. The molecule has 5 rings (SSSR count). The van der Waals surface area contributed by atoms with Crippen molar-refractivity contribution in [3.63, 3.8) is 0 Å². The highest BCUT2D eigenvalue weighted by atomic mass is 19.3. The van der Waals surface area contributed by atoms with Crippen LogP contribution in [0.3, 0.4) is 0 Å². The van der Waals surface area contributed by atoms with Crippen LogP contribution in [0.5, 0.6) is 5.75 Å². The molecular formula is C32H34F2N6O4. The Morgan fingerprint density at radius 1 is 1.07 bits per heavy atom. The third-order valence-electron chi connectivity index (χ3n) is 8.02. The zero-order valence-corrected chi connectivity index (χ0v) is 24.5. The molecule has 0 unspecified atom stereocenters. The highest BCUT2D eigenvalue weighted by Crippen LogP contribution is 2.32. The summed E-state index contributed by atoms with van der Waals surface area (Å²) < 4.78 is 33.4. The number of likely N-dealkylation sites (tertiary alicyclic amines) is 1. The number of benzene rings is 1. The number of rotatable bonds is 10. The summed E-state index contributed by atoms with van der Waals surface area (Å²) in [4.78, 5) is 51.9. The lowest BCUT2D eigenvalue weighted by Crippen LogP contribution is -2.49. The fourth-order valence-corrected chi connectivity index (χ4v) is 5.58. The van der Waals surface area contributed by atoms with Gasteiger partial charge >= 0.3 is 0 Å². The minimum atomic E-state index is -3.10. The molecule has 2 aliphatic rings. The Morgan fingerprint density at radius 3 is 2.59 bits per heavy atom. The summed E-state index contributed by atoms with van der Waals surface area (Å²) in [5, 5.41) is 9.73. The van der Waals surface area contributed by atoms with E-state index in [0.717, 1.165) is 36.6 Å². The van der Waals surface area contributed by atoms with Crippen LogP contribution in [0.25, 0.3) is 10.9 Å². The second-order valence-corrected chi connectivity index (χ2v) is 11.2. The van der Waals surface area contributed by atoms with Crippen molar-refractivity contribution in [2.24, 2.45) is 0 Å². The number of nitriles is 1. The minimum absolute atomic E-state index is 0.000361. The van der Waals surface area contributed by atoms with E-state index < -0.39 is 30.8 Å². The Hall–Kier alpha value is -4.50. The normalized spacial score (nSPS) is 18.3. The lowest BCUT2D eigenvalue weighted by atomic mass is 10.0. The van der Waals surface area contributed by atoms with E-state index in [0.29, 0.717) is 47.5 Å². The summed E-state index contributed by atoms with van der Waals surface area (Å²) in [7, 11) is 0. The van der Waals surface area contributed by atoms with Crippen LogP contribution in [0.4, 0.5) is 8.78 Å². The van der Waals surface area contributed by atoms with Crippen molar-refractivity contribution >= 4 is 28.5 Å². The van der Waals surface area contributed by atoms with Crippen molar-refractivity contribution in [2.45, 2.75) is 44.6 Å². The highest BCUT2D eigenvalue weighted by molar-refractivity contribution is 6.08. The largest absolute Gasteiger partial charge is 0.494 e. The van der Waals surface area contributed by atoms with E-state index in [1.165, 1.54) is 6.20 Å². The smallest absolute Gasteiger partial charge is 0.268 e. The van der Waals surface area contributed by atoms with Crippen molar-refractivity contribution in [3.8, 4) is 11.8 Å². The van der Waals surface area contributed by atoms with E-state index in [-0.39, 0.29) is 24.5 Å². The standard InChI is InChI=1S/C32H34F2N6O4/c1-22-3-4-23(20-37-22)31(43)39-14-12-38(13-15-39)11-2-16-44-25-5-6-28-27(17-25)26(9-10-36-28)29(41)7-8-30(42)40-21-32(33,34)18-24(40)19-35/h3-6,9-10,17,20,24H,2,7-8,11-16,18,21H2,1H3/t24-/m0/s1. The molecule has 2 fully saturated rings. The lowest BCUT2D eigenvalue weighted by Gasteiger charge is -2.34. The lowest BCUT2D eigenvalue weighted by molar-refractivity contribution is -0.132. The quantitative estimate of drug-likeness (QED) is 0.253. The summed E-state index contributed by atoms with van der Waals surface area (Å²) in [6, 6.07) is 11.1. The van der Waals surface area contributed by atoms with Gasteiger partial charge in [-0.3, -0.25) is 29.3 Å². The second-order valence-electron chi connectivity index (χ2n) is 11.2. The summed E-state index contributed by atoms with van der Waals surface area (Å²) in [6.07, 6.45) is 2.77. The van der Waals surface area contributed by atoms with Crippen LogP contribution in [0, 0.1) is 18.3 Å². The van der Waals surface area contributed by atoms with Crippen LogP contribution >= 0.6 is 0 Å². The predicted octanol–water partition coefficient (Wildman–Crippen LogP) is 3.89. The van der Waals surface area contributed by atoms with Gasteiger partial charge in [0.2, 0.25) is 5.91 Å². The molecule has 10 nitrogen and oxygen atoms in total. The number of hydrogen-bond acceptors (Lipinski definition) is 8. The van der Waals surface area contributed by atoms with E-state index in [9.17, 15) is 23.2 Å².